The van der Waals surface area contributed by atoms with E-state index in [1.807, 2.05) is 6.07 Å². The number of nitrogens with zero attached hydrogens (tertiary/aromatic N) is 3. The van der Waals surface area contributed by atoms with Crippen LogP contribution in [0.25, 0.3) is 5.52 Å². The summed E-state index contributed by atoms with van der Waals surface area (Å²) in [4.78, 5) is 0. The minimum atomic E-state index is 0.514. The van der Waals surface area contributed by atoms with E-state index in [-0.39, 0.29) is 0 Å². The highest BCUT2D eigenvalue weighted by molar-refractivity contribution is 9.10. The number of fused-ring (bicyclic) bond motifs is 1. The number of rotatable bonds is 4. The van der Waals surface area contributed by atoms with Gasteiger partial charge >= 0.3 is 0 Å². The van der Waals surface area contributed by atoms with Crippen molar-refractivity contribution in [2.24, 2.45) is 0 Å². The Bertz CT molecular complexity index is 458. The van der Waals surface area contributed by atoms with Crippen LogP contribution in [0.5, 0.6) is 5.75 Å². The second-order valence-corrected chi connectivity index (χ2v) is 3.75. The Morgan fingerprint density at radius 1 is 1.33 bits per heavy atom. The summed E-state index contributed by atoms with van der Waals surface area (Å²) < 4.78 is 12.7. The van der Waals surface area contributed by atoms with Gasteiger partial charge < -0.3 is 9.47 Å². The first kappa shape index (κ1) is 10.4. The minimum Gasteiger partial charge on any atom is -0.489 e. The third kappa shape index (κ3) is 2.27. The Morgan fingerprint density at radius 3 is 2.93 bits per heavy atom. The van der Waals surface area contributed by atoms with Crippen LogP contribution in [0.15, 0.2) is 22.9 Å². The van der Waals surface area contributed by atoms with Gasteiger partial charge in [-0.2, -0.15) is 14.8 Å². The highest BCUT2D eigenvalue weighted by Crippen LogP contribution is 2.20. The SMILES string of the molecule is COCCOc1cnn2ncc(Br)c2c1. The molecule has 0 saturated heterocycles. The lowest BCUT2D eigenvalue weighted by Crippen LogP contribution is -2.05. The highest BCUT2D eigenvalue weighted by Gasteiger charge is 2.03. The molecule has 0 saturated carbocycles. The van der Waals surface area contributed by atoms with Crippen LogP contribution in [0.4, 0.5) is 0 Å². The molecule has 0 bridgehead atoms. The second-order valence-electron chi connectivity index (χ2n) is 2.90. The van der Waals surface area contributed by atoms with Crippen LogP contribution >= 0.6 is 15.9 Å². The van der Waals surface area contributed by atoms with Gasteiger partial charge in [0.05, 0.1) is 23.5 Å². The average molecular weight is 272 g/mol. The van der Waals surface area contributed by atoms with Crippen molar-refractivity contribution in [2.75, 3.05) is 20.3 Å². The average Bonchev–Trinajstić information content (AvgIpc) is 2.61. The lowest BCUT2D eigenvalue weighted by Gasteiger charge is -2.04. The standard InChI is InChI=1S/C9H10BrN3O2/c1-14-2-3-15-7-4-9-8(10)6-12-13(9)11-5-7/h4-6H,2-3H2,1H3. The molecule has 2 aromatic heterocycles. The van der Waals surface area contributed by atoms with Crippen molar-refractivity contribution in [2.45, 2.75) is 0 Å². The summed E-state index contributed by atoms with van der Waals surface area (Å²) in [6.45, 7) is 1.08. The van der Waals surface area contributed by atoms with E-state index in [0.29, 0.717) is 19.0 Å². The molecule has 6 heteroatoms. The largest absolute Gasteiger partial charge is 0.489 e. The first-order chi connectivity index (χ1) is 7.31. The summed E-state index contributed by atoms with van der Waals surface area (Å²) in [6, 6.07) is 1.87. The predicted molar refractivity (Wildman–Crippen MR) is 58.1 cm³/mol. The van der Waals surface area contributed by atoms with Crippen molar-refractivity contribution < 1.29 is 9.47 Å². The van der Waals surface area contributed by atoms with Crippen LogP contribution in [0.2, 0.25) is 0 Å². The van der Waals surface area contributed by atoms with E-state index in [9.17, 15) is 0 Å². The van der Waals surface area contributed by atoms with Crippen LogP contribution in [0.1, 0.15) is 0 Å². The number of aromatic nitrogens is 3. The zero-order chi connectivity index (χ0) is 10.7. The summed E-state index contributed by atoms with van der Waals surface area (Å²) >= 11 is 3.38. The number of hydrogen-bond acceptors (Lipinski definition) is 4. The Labute approximate surface area is 95.1 Å². The van der Waals surface area contributed by atoms with Gasteiger partial charge in [0, 0.05) is 13.2 Å². The zero-order valence-corrected chi connectivity index (χ0v) is 9.77. The van der Waals surface area contributed by atoms with Gasteiger partial charge in [0.25, 0.3) is 0 Å². The molecule has 2 heterocycles. The van der Waals surface area contributed by atoms with E-state index < -0.39 is 0 Å². The van der Waals surface area contributed by atoms with Gasteiger partial charge in [-0.15, -0.1) is 0 Å². The molecule has 0 aliphatic rings. The second kappa shape index (κ2) is 4.59. The molecule has 0 aromatic carbocycles. The van der Waals surface area contributed by atoms with Gasteiger partial charge in [0.15, 0.2) is 0 Å². The van der Waals surface area contributed by atoms with Gasteiger partial charge in [-0.05, 0) is 15.9 Å². The number of ether oxygens (including phenoxy) is 2. The summed E-state index contributed by atoms with van der Waals surface area (Å²) in [5, 5.41) is 8.12. The molecule has 0 spiro atoms. The highest BCUT2D eigenvalue weighted by atomic mass is 79.9. The van der Waals surface area contributed by atoms with E-state index in [4.69, 9.17) is 9.47 Å². The van der Waals surface area contributed by atoms with Crippen molar-refractivity contribution in [1.82, 2.24) is 14.8 Å². The maximum atomic E-state index is 5.43. The van der Waals surface area contributed by atoms with Gasteiger partial charge in [0.2, 0.25) is 0 Å². The van der Waals surface area contributed by atoms with E-state index in [2.05, 4.69) is 26.1 Å². The number of halogens is 1. The Balaban J connectivity index is 2.18. The monoisotopic (exact) mass is 271 g/mol. The Hall–Kier alpha value is -1.14. The fourth-order valence-electron chi connectivity index (χ4n) is 1.15. The normalized spacial score (nSPS) is 10.8. The molecule has 0 fully saturated rings. The maximum Gasteiger partial charge on any atom is 0.141 e. The fourth-order valence-corrected chi connectivity index (χ4v) is 1.52. The van der Waals surface area contributed by atoms with E-state index in [0.717, 1.165) is 9.99 Å². The molecule has 0 unspecified atom stereocenters. The molecule has 2 rings (SSSR count). The van der Waals surface area contributed by atoms with Gasteiger partial charge in [0.1, 0.15) is 17.9 Å². The van der Waals surface area contributed by atoms with Crippen LogP contribution in [0, 0.1) is 0 Å². The molecule has 15 heavy (non-hydrogen) atoms. The summed E-state index contributed by atoms with van der Waals surface area (Å²) in [7, 11) is 1.64. The lowest BCUT2D eigenvalue weighted by molar-refractivity contribution is 0.146. The summed E-state index contributed by atoms with van der Waals surface area (Å²) in [5.41, 5.74) is 0.880. The predicted octanol–water partition coefficient (Wildman–Crippen LogP) is 1.52. The maximum absolute atomic E-state index is 5.43. The van der Waals surface area contributed by atoms with Gasteiger partial charge in [-0.1, -0.05) is 0 Å². The van der Waals surface area contributed by atoms with Crippen molar-refractivity contribution >= 4 is 21.4 Å². The molecule has 0 atom stereocenters. The molecular weight excluding hydrogens is 262 g/mol. The van der Waals surface area contributed by atoms with E-state index in [1.165, 1.54) is 4.63 Å². The van der Waals surface area contributed by atoms with E-state index in [1.54, 1.807) is 19.5 Å². The Kier molecular flexibility index (Phi) is 3.17. The summed E-state index contributed by atoms with van der Waals surface area (Å²) in [6.07, 6.45) is 3.32. The first-order valence-corrected chi connectivity index (χ1v) is 5.22. The fraction of sp³-hybridized carbons (Fsp3) is 0.333. The zero-order valence-electron chi connectivity index (χ0n) is 8.18. The van der Waals surface area contributed by atoms with Crippen molar-refractivity contribution in [3.63, 3.8) is 0 Å². The third-order valence-corrected chi connectivity index (χ3v) is 2.48. The van der Waals surface area contributed by atoms with Crippen molar-refractivity contribution in [3.8, 4) is 5.75 Å². The van der Waals surface area contributed by atoms with Gasteiger partial charge in [-0.3, -0.25) is 0 Å². The number of hydrogen-bond donors (Lipinski definition) is 0. The molecule has 0 aliphatic heterocycles. The molecule has 80 valence electrons. The molecule has 0 amide bonds. The van der Waals surface area contributed by atoms with Crippen molar-refractivity contribution in [3.05, 3.63) is 22.9 Å². The number of methoxy groups -OCH3 is 1. The topological polar surface area (TPSA) is 48.7 Å². The quantitative estimate of drug-likeness (QED) is 0.792. The van der Waals surface area contributed by atoms with Gasteiger partial charge in [-0.25, -0.2) is 0 Å². The molecule has 0 aliphatic carbocycles. The molecule has 5 nitrogen and oxygen atoms in total. The minimum absolute atomic E-state index is 0.514. The van der Waals surface area contributed by atoms with Crippen molar-refractivity contribution in [1.29, 1.82) is 0 Å². The lowest BCUT2D eigenvalue weighted by atomic mass is 10.4. The van der Waals surface area contributed by atoms with Crippen LogP contribution in [-0.4, -0.2) is 35.2 Å². The third-order valence-electron chi connectivity index (χ3n) is 1.87. The van der Waals surface area contributed by atoms with Crippen LogP contribution < -0.4 is 4.74 Å². The smallest absolute Gasteiger partial charge is 0.141 e. The van der Waals surface area contributed by atoms with Crippen LogP contribution in [-0.2, 0) is 4.74 Å². The summed E-state index contributed by atoms with van der Waals surface area (Å²) in [5.74, 6) is 0.709. The molecular formula is C9H10BrN3O2. The molecule has 0 radical (unpaired) electrons. The van der Waals surface area contributed by atoms with Crippen LogP contribution in [0.3, 0.4) is 0 Å². The Morgan fingerprint density at radius 2 is 2.13 bits per heavy atom. The van der Waals surface area contributed by atoms with E-state index >= 15 is 0 Å². The molecule has 2 aromatic rings. The molecule has 0 N–H and O–H groups in total. The first-order valence-electron chi connectivity index (χ1n) is 4.42.